The number of halogens is 4. The lowest BCUT2D eigenvalue weighted by Crippen LogP contribution is -2.22. The Balaban J connectivity index is 2.46. The molecular formula is C8H5F3IO2. The van der Waals surface area contributed by atoms with Gasteiger partial charge < -0.3 is 3.07 Å². The molecular weight excluding hydrogens is 312 g/mol. The molecule has 0 atom stereocenters. The van der Waals surface area contributed by atoms with Crippen LogP contribution in [0, 0.1) is 3.57 Å². The standard InChI is InChI=1S/C8H5F3IO2/c9-8(10,11)7(13)14-12-6-4-2-1-3-5-6/h1-5H. The summed E-state index contributed by atoms with van der Waals surface area (Å²) in [7, 11) is 0. The van der Waals surface area contributed by atoms with E-state index in [0.29, 0.717) is 3.57 Å². The number of rotatable bonds is 2. The summed E-state index contributed by atoms with van der Waals surface area (Å²) in [4.78, 5) is 10.3. The summed E-state index contributed by atoms with van der Waals surface area (Å²) in [6.45, 7) is 0. The third-order valence-corrected chi connectivity index (χ3v) is 3.01. The van der Waals surface area contributed by atoms with Crippen LogP contribution >= 0.6 is 21.6 Å². The third-order valence-electron chi connectivity index (χ3n) is 1.16. The van der Waals surface area contributed by atoms with Crippen molar-refractivity contribution in [3.05, 3.63) is 33.9 Å². The van der Waals surface area contributed by atoms with E-state index in [0.717, 1.165) is 0 Å². The van der Waals surface area contributed by atoms with Crippen molar-refractivity contribution in [1.82, 2.24) is 0 Å². The smallest absolute Gasteiger partial charge is 0.396 e. The van der Waals surface area contributed by atoms with Crippen LogP contribution in [0.25, 0.3) is 0 Å². The zero-order chi connectivity index (χ0) is 10.6. The first-order valence-corrected chi connectivity index (χ1v) is 5.44. The molecule has 0 aromatic heterocycles. The van der Waals surface area contributed by atoms with E-state index in [1.807, 2.05) is 0 Å². The lowest BCUT2D eigenvalue weighted by atomic mass is 10.4. The third kappa shape index (κ3) is 3.52. The van der Waals surface area contributed by atoms with E-state index in [1.54, 1.807) is 30.3 Å². The first-order valence-electron chi connectivity index (χ1n) is 3.48. The van der Waals surface area contributed by atoms with E-state index in [1.165, 1.54) is 0 Å². The summed E-state index contributed by atoms with van der Waals surface area (Å²) >= 11 is -1.35. The molecule has 77 valence electrons. The quantitative estimate of drug-likeness (QED) is 0.784. The molecule has 0 aliphatic carbocycles. The lowest BCUT2D eigenvalue weighted by molar-refractivity contribution is -0.186. The van der Waals surface area contributed by atoms with E-state index in [9.17, 15) is 18.0 Å². The molecule has 1 aromatic rings. The van der Waals surface area contributed by atoms with E-state index in [4.69, 9.17) is 0 Å². The Morgan fingerprint density at radius 1 is 1.21 bits per heavy atom. The van der Waals surface area contributed by atoms with Crippen molar-refractivity contribution >= 4 is 27.6 Å². The van der Waals surface area contributed by atoms with Crippen molar-refractivity contribution in [2.75, 3.05) is 0 Å². The molecule has 0 N–H and O–H groups in total. The van der Waals surface area contributed by atoms with Gasteiger partial charge in [0.15, 0.2) is 0 Å². The molecule has 0 amide bonds. The van der Waals surface area contributed by atoms with Crippen LogP contribution in [-0.4, -0.2) is 12.1 Å². The van der Waals surface area contributed by atoms with Crippen molar-refractivity contribution in [2.24, 2.45) is 0 Å². The second-order valence-corrected chi connectivity index (χ2v) is 4.36. The topological polar surface area (TPSA) is 26.3 Å². The molecule has 0 saturated heterocycles. The van der Waals surface area contributed by atoms with Crippen LogP contribution in [0.5, 0.6) is 0 Å². The van der Waals surface area contributed by atoms with Gasteiger partial charge in [0.1, 0.15) is 21.6 Å². The summed E-state index contributed by atoms with van der Waals surface area (Å²) in [5.41, 5.74) is 0. The van der Waals surface area contributed by atoms with Crippen molar-refractivity contribution in [2.45, 2.75) is 6.18 Å². The molecule has 2 nitrogen and oxygen atoms in total. The maximum absolute atomic E-state index is 11.7. The highest BCUT2D eigenvalue weighted by Gasteiger charge is 2.41. The van der Waals surface area contributed by atoms with Gasteiger partial charge in [-0.2, -0.15) is 13.2 Å². The molecule has 0 heterocycles. The van der Waals surface area contributed by atoms with Gasteiger partial charge in [0, 0.05) is 3.57 Å². The predicted octanol–water partition coefficient (Wildman–Crippen LogP) is 2.85. The fraction of sp³-hybridized carbons (Fsp3) is 0.125. The second kappa shape index (κ2) is 4.63. The van der Waals surface area contributed by atoms with E-state index in [-0.39, 0.29) is 0 Å². The summed E-state index contributed by atoms with van der Waals surface area (Å²) in [5, 5.41) is 0. The highest BCUT2D eigenvalue weighted by atomic mass is 127. The van der Waals surface area contributed by atoms with E-state index in [2.05, 4.69) is 3.07 Å². The number of hydrogen-bond acceptors (Lipinski definition) is 2. The molecule has 0 aliphatic heterocycles. The Morgan fingerprint density at radius 2 is 1.79 bits per heavy atom. The number of alkyl halides is 3. The molecule has 0 aliphatic rings. The molecule has 14 heavy (non-hydrogen) atoms. The lowest BCUT2D eigenvalue weighted by Gasteiger charge is -2.04. The number of benzene rings is 1. The number of carbonyl (C=O) groups is 1. The largest absolute Gasteiger partial charge is 0.491 e. The first kappa shape index (κ1) is 11.3. The average molecular weight is 317 g/mol. The van der Waals surface area contributed by atoms with Gasteiger partial charge >= 0.3 is 12.1 Å². The van der Waals surface area contributed by atoms with Crippen LogP contribution in [0.2, 0.25) is 0 Å². The first-order chi connectivity index (χ1) is 6.50. The summed E-state index contributed by atoms with van der Waals surface area (Å²) in [6.07, 6.45) is -4.89. The minimum absolute atomic E-state index is 0.629. The Morgan fingerprint density at radius 3 is 2.29 bits per heavy atom. The highest BCUT2D eigenvalue weighted by molar-refractivity contribution is 14.2. The van der Waals surface area contributed by atoms with E-state index < -0.39 is 33.8 Å². The van der Waals surface area contributed by atoms with Gasteiger partial charge in [-0.05, 0) is 12.1 Å². The van der Waals surface area contributed by atoms with Gasteiger partial charge in [-0.3, -0.25) is 0 Å². The van der Waals surface area contributed by atoms with E-state index >= 15 is 0 Å². The summed E-state index contributed by atoms with van der Waals surface area (Å²) < 4.78 is 39.9. The molecule has 0 fully saturated rings. The van der Waals surface area contributed by atoms with Crippen LogP contribution in [0.1, 0.15) is 0 Å². The molecule has 1 radical (unpaired) electrons. The Bertz CT molecular complexity index is 310. The van der Waals surface area contributed by atoms with Gasteiger partial charge in [-0.25, -0.2) is 4.79 Å². The van der Waals surface area contributed by atoms with Gasteiger partial charge in [0.05, 0.1) is 0 Å². The summed E-state index contributed by atoms with van der Waals surface area (Å²) in [6, 6.07) is 8.33. The normalized spacial score (nSPS) is 11.1. The van der Waals surface area contributed by atoms with Crippen molar-refractivity contribution in [3.8, 4) is 0 Å². The summed E-state index contributed by atoms with van der Waals surface area (Å²) in [5.74, 6) is -2.12. The number of hydrogen-bond donors (Lipinski definition) is 0. The Labute approximate surface area is 88.9 Å². The molecule has 1 rings (SSSR count). The zero-order valence-electron chi connectivity index (χ0n) is 6.72. The SMILES string of the molecule is O=C(O[I]c1ccccc1)C(F)(F)F. The minimum Gasteiger partial charge on any atom is -0.396 e. The Hall–Kier alpha value is -0.790. The molecule has 0 spiro atoms. The molecule has 0 bridgehead atoms. The van der Waals surface area contributed by atoms with Crippen LogP contribution < -0.4 is 0 Å². The maximum atomic E-state index is 11.7. The van der Waals surface area contributed by atoms with Gasteiger partial charge in [0.2, 0.25) is 0 Å². The van der Waals surface area contributed by atoms with Gasteiger partial charge in [-0.1, -0.05) is 18.2 Å². The fourth-order valence-electron chi connectivity index (χ4n) is 0.589. The van der Waals surface area contributed by atoms with Crippen LogP contribution in [0.4, 0.5) is 13.2 Å². The number of carbonyl (C=O) groups excluding carboxylic acids is 1. The molecule has 0 saturated carbocycles. The van der Waals surface area contributed by atoms with Crippen LogP contribution in [-0.2, 0) is 7.86 Å². The van der Waals surface area contributed by atoms with Crippen molar-refractivity contribution in [3.63, 3.8) is 0 Å². The van der Waals surface area contributed by atoms with Crippen LogP contribution in [0.3, 0.4) is 0 Å². The fourth-order valence-corrected chi connectivity index (χ4v) is 2.00. The second-order valence-electron chi connectivity index (χ2n) is 2.24. The van der Waals surface area contributed by atoms with Gasteiger partial charge in [-0.15, -0.1) is 0 Å². The minimum atomic E-state index is -4.89. The van der Waals surface area contributed by atoms with Gasteiger partial charge in [0.25, 0.3) is 0 Å². The highest BCUT2D eigenvalue weighted by Crippen LogP contribution is 2.27. The molecule has 0 unspecified atom stereocenters. The average Bonchev–Trinajstić information content (AvgIpc) is 2.14. The molecule has 6 heteroatoms. The van der Waals surface area contributed by atoms with Crippen molar-refractivity contribution < 1.29 is 21.0 Å². The van der Waals surface area contributed by atoms with Crippen molar-refractivity contribution in [1.29, 1.82) is 0 Å². The Kier molecular flexibility index (Phi) is 3.73. The van der Waals surface area contributed by atoms with Crippen LogP contribution in [0.15, 0.2) is 30.3 Å². The monoisotopic (exact) mass is 317 g/mol. The molecule has 1 aromatic carbocycles. The zero-order valence-corrected chi connectivity index (χ0v) is 8.87. The predicted molar refractivity (Wildman–Crippen MR) is 51.3 cm³/mol. The maximum Gasteiger partial charge on any atom is 0.491 e.